The average molecular weight is 413 g/mol. The van der Waals surface area contributed by atoms with E-state index >= 15 is 0 Å². The quantitative estimate of drug-likeness (QED) is 0.547. The third-order valence-electron chi connectivity index (χ3n) is 5.30. The topological polar surface area (TPSA) is 60.8 Å². The average Bonchev–Trinajstić information content (AvgIpc) is 3.33. The van der Waals surface area contributed by atoms with E-state index in [1.807, 2.05) is 42.6 Å². The smallest absolute Gasteiger partial charge is 0.341 e. The van der Waals surface area contributed by atoms with E-state index in [1.54, 1.807) is 30.4 Å². The van der Waals surface area contributed by atoms with Crippen molar-refractivity contribution >= 4 is 34.1 Å². The third kappa shape index (κ3) is 3.87. The van der Waals surface area contributed by atoms with Crippen LogP contribution in [-0.2, 0) is 16.1 Å². The lowest BCUT2D eigenvalue weighted by Crippen LogP contribution is -2.30. The second kappa shape index (κ2) is 7.91. The highest BCUT2D eigenvalue weighted by Gasteiger charge is 2.31. The Kier molecular flexibility index (Phi) is 5.32. The summed E-state index contributed by atoms with van der Waals surface area (Å²) in [7, 11) is 3.32. The van der Waals surface area contributed by atoms with Crippen LogP contribution in [0.5, 0.6) is 5.75 Å². The van der Waals surface area contributed by atoms with Crippen molar-refractivity contribution in [1.82, 2.24) is 9.47 Å². The molecule has 0 spiro atoms. The molecule has 4 rings (SSSR count). The molecule has 1 aromatic carbocycles. The molecule has 1 aliphatic carbocycles. The number of benzene rings is 1. The van der Waals surface area contributed by atoms with Gasteiger partial charge in [0.05, 0.1) is 19.2 Å². The zero-order chi connectivity index (χ0) is 20.5. The van der Waals surface area contributed by atoms with Crippen LogP contribution in [0, 0.1) is 6.92 Å². The molecule has 0 atom stereocenters. The molecule has 1 saturated carbocycles. The van der Waals surface area contributed by atoms with E-state index < -0.39 is 5.97 Å². The summed E-state index contributed by atoms with van der Waals surface area (Å²) in [6, 6.07) is 10.1. The maximum Gasteiger partial charge on any atom is 0.341 e. The predicted molar refractivity (Wildman–Crippen MR) is 113 cm³/mol. The maximum atomic E-state index is 12.9. The summed E-state index contributed by atoms with van der Waals surface area (Å²) in [6.07, 6.45) is 2.22. The molecule has 2 heterocycles. The third-order valence-corrected chi connectivity index (χ3v) is 6.16. The molecule has 0 N–H and O–H groups in total. The lowest BCUT2D eigenvalue weighted by atomic mass is 10.1. The minimum Gasteiger partial charge on any atom is -0.497 e. The van der Waals surface area contributed by atoms with Crippen molar-refractivity contribution in [1.29, 1.82) is 0 Å². The van der Waals surface area contributed by atoms with E-state index in [9.17, 15) is 9.59 Å². The van der Waals surface area contributed by atoms with Crippen LogP contribution < -0.4 is 4.74 Å². The van der Waals surface area contributed by atoms with Crippen molar-refractivity contribution < 1.29 is 19.1 Å². The number of ether oxygens (including phenoxy) is 2. The van der Waals surface area contributed by atoms with Crippen LogP contribution in [0.1, 0.15) is 39.8 Å². The first-order valence-electron chi connectivity index (χ1n) is 9.61. The van der Waals surface area contributed by atoms with Crippen molar-refractivity contribution in [3.05, 3.63) is 51.8 Å². The van der Waals surface area contributed by atoms with Gasteiger partial charge in [-0.1, -0.05) is 6.07 Å². The number of aromatic nitrogens is 1. The standard InChI is InChI=1S/C22H24N2O4S/c1-14-21(18-11-16(27-3)8-9-19(18)24(14)15-6-7-15)22(26)28-13-20(25)23(2)12-17-5-4-10-29-17/h4-5,8-11,15H,6-7,12-13H2,1-3H3. The number of carbonyl (C=O) groups excluding carboxylic acids is 2. The molecule has 0 unspecified atom stereocenters. The van der Waals surface area contributed by atoms with Gasteiger partial charge >= 0.3 is 5.97 Å². The molecule has 152 valence electrons. The largest absolute Gasteiger partial charge is 0.497 e. The lowest BCUT2D eigenvalue weighted by Gasteiger charge is -2.16. The number of fused-ring (bicyclic) bond motifs is 1. The number of nitrogens with zero attached hydrogens (tertiary/aromatic N) is 2. The number of thiophene rings is 1. The van der Waals surface area contributed by atoms with Crippen molar-refractivity contribution in [3.63, 3.8) is 0 Å². The fraction of sp³-hybridized carbons (Fsp3) is 0.364. The molecule has 7 heteroatoms. The zero-order valence-electron chi connectivity index (χ0n) is 16.8. The molecule has 1 aliphatic rings. The fourth-order valence-electron chi connectivity index (χ4n) is 3.64. The Balaban J connectivity index is 1.53. The van der Waals surface area contributed by atoms with Crippen LogP contribution in [0.15, 0.2) is 35.7 Å². The Hall–Kier alpha value is -2.80. The molecule has 2 aromatic heterocycles. The van der Waals surface area contributed by atoms with E-state index in [0.29, 0.717) is 23.9 Å². The summed E-state index contributed by atoms with van der Waals surface area (Å²) >= 11 is 1.59. The van der Waals surface area contributed by atoms with Gasteiger partial charge < -0.3 is 18.9 Å². The molecular weight excluding hydrogens is 388 g/mol. The maximum absolute atomic E-state index is 12.9. The highest BCUT2D eigenvalue weighted by Crippen LogP contribution is 2.42. The van der Waals surface area contributed by atoms with Gasteiger partial charge in [0.25, 0.3) is 5.91 Å². The molecule has 6 nitrogen and oxygen atoms in total. The Morgan fingerprint density at radius 3 is 2.72 bits per heavy atom. The van der Waals surface area contributed by atoms with Gasteiger partial charge in [0.1, 0.15) is 5.75 Å². The van der Waals surface area contributed by atoms with Crippen molar-refractivity contribution in [2.75, 3.05) is 20.8 Å². The lowest BCUT2D eigenvalue weighted by molar-refractivity contribution is -0.133. The van der Waals surface area contributed by atoms with Crippen LogP contribution in [0.2, 0.25) is 0 Å². The molecule has 3 aromatic rings. The minimum absolute atomic E-state index is 0.229. The van der Waals surface area contributed by atoms with Crippen LogP contribution in [0.25, 0.3) is 10.9 Å². The number of rotatable bonds is 7. The number of hydrogen-bond donors (Lipinski definition) is 0. The van der Waals surface area contributed by atoms with Gasteiger partial charge in [-0.25, -0.2) is 4.79 Å². The highest BCUT2D eigenvalue weighted by molar-refractivity contribution is 7.09. The molecule has 0 radical (unpaired) electrons. The van der Waals surface area contributed by atoms with Gasteiger partial charge in [0.15, 0.2) is 6.61 Å². The zero-order valence-corrected chi connectivity index (χ0v) is 17.6. The van der Waals surface area contributed by atoms with E-state index in [-0.39, 0.29) is 12.5 Å². The van der Waals surface area contributed by atoms with E-state index in [0.717, 1.165) is 34.3 Å². The summed E-state index contributed by atoms with van der Waals surface area (Å²) in [5.41, 5.74) is 2.39. The van der Waals surface area contributed by atoms with Crippen LogP contribution in [0.4, 0.5) is 0 Å². The number of amides is 1. The monoisotopic (exact) mass is 412 g/mol. The predicted octanol–water partition coefficient (Wildman–Crippen LogP) is 4.17. The number of esters is 1. The summed E-state index contributed by atoms with van der Waals surface area (Å²) < 4.78 is 13.0. The number of hydrogen-bond acceptors (Lipinski definition) is 5. The van der Waals surface area contributed by atoms with E-state index in [1.165, 1.54) is 0 Å². The molecule has 0 bridgehead atoms. The summed E-state index contributed by atoms with van der Waals surface area (Å²) in [4.78, 5) is 28.0. The van der Waals surface area contributed by atoms with Crippen molar-refractivity contribution in [3.8, 4) is 5.75 Å². The molecule has 0 aliphatic heterocycles. The first-order valence-corrected chi connectivity index (χ1v) is 10.5. The van der Waals surface area contributed by atoms with Crippen molar-refractivity contribution in [2.24, 2.45) is 0 Å². The minimum atomic E-state index is -0.474. The Labute approximate surface area is 173 Å². The molecule has 0 saturated heterocycles. The Bertz CT molecular complexity index is 1050. The molecule has 1 amide bonds. The van der Waals surface area contributed by atoms with E-state index in [4.69, 9.17) is 9.47 Å². The number of likely N-dealkylation sites (N-methyl/N-ethyl adjacent to an activating group) is 1. The SMILES string of the molecule is COc1ccc2c(c1)c(C(=O)OCC(=O)N(C)Cc1cccs1)c(C)n2C1CC1. The van der Waals surface area contributed by atoms with Gasteiger partial charge in [-0.15, -0.1) is 11.3 Å². The van der Waals surface area contributed by atoms with Crippen LogP contribution in [0.3, 0.4) is 0 Å². The van der Waals surface area contributed by atoms with Gasteiger partial charge in [0, 0.05) is 34.6 Å². The van der Waals surface area contributed by atoms with Gasteiger partial charge in [-0.05, 0) is 49.4 Å². The Morgan fingerprint density at radius 2 is 2.07 bits per heavy atom. The second-order valence-corrected chi connectivity index (χ2v) is 8.38. The molecular formula is C22H24N2O4S. The van der Waals surface area contributed by atoms with Crippen LogP contribution >= 0.6 is 11.3 Å². The Morgan fingerprint density at radius 1 is 1.28 bits per heavy atom. The fourth-order valence-corrected chi connectivity index (χ4v) is 4.40. The highest BCUT2D eigenvalue weighted by atomic mass is 32.1. The van der Waals surface area contributed by atoms with Crippen molar-refractivity contribution in [2.45, 2.75) is 32.4 Å². The van der Waals surface area contributed by atoms with Crippen LogP contribution in [-0.4, -0.2) is 42.1 Å². The first kappa shape index (κ1) is 19.5. The number of methoxy groups -OCH3 is 1. The summed E-state index contributed by atoms with van der Waals surface area (Å²) in [6.45, 7) is 2.16. The second-order valence-electron chi connectivity index (χ2n) is 7.35. The molecule has 1 fully saturated rings. The molecule has 29 heavy (non-hydrogen) atoms. The summed E-state index contributed by atoms with van der Waals surface area (Å²) in [5.74, 6) is -0.0165. The van der Waals surface area contributed by atoms with E-state index in [2.05, 4.69) is 4.57 Å². The number of carbonyl (C=O) groups is 2. The first-order chi connectivity index (χ1) is 14.0. The summed E-state index contributed by atoms with van der Waals surface area (Å²) in [5, 5.41) is 2.78. The van der Waals surface area contributed by atoms with Gasteiger partial charge in [-0.2, -0.15) is 0 Å². The normalized spacial score (nSPS) is 13.5. The van der Waals surface area contributed by atoms with Gasteiger partial charge in [0.2, 0.25) is 0 Å². The van der Waals surface area contributed by atoms with Gasteiger partial charge in [-0.3, -0.25) is 4.79 Å².